The molecule has 0 amide bonds. The number of carbonyl (C=O) groups is 2. The maximum atomic E-state index is 13.3. The van der Waals surface area contributed by atoms with Crippen molar-refractivity contribution >= 4 is 11.9 Å². The summed E-state index contributed by atoms with van der Waals surface area (Å²) in [5.74, 6) is -0.871. The Morgan fingerprint density at radius 1 is 0.676 bits per heavy atom. The van der Waals surface area contributed by atoms with E-state index in [9.17, 15) is 9.59 Å². The maximum absolute atomic E-state index is 13.3. The first kappa shape index (κ1) is 27.6. The van der Waals surface area contributed by atoms with E-state index < -0.39 is 11.9 Å². The molecule has 0 saturated carbocycles. The van der Waals surface area contributed by atoms with Gasteiger partial charge in [-0.15, -0.1) is 0 Å². The third-order valence-corrected chi connectivity index (χ3v) is 6.32. The Kier molecular flexibility index (Phi) is 11.9. The summed E-state index contributed by atoms with van der Waals surface area (Å²) in [5, 5.41) is 0. The number of esters is 2. The Balaban J connectivity index is 2.88. The van der Waals surface area contributed by atoms with Crippen molar-refractivity contribution in [3.05, 3.63) is 58.1 Å². The second-order valence-corrected chi connectivity index (χ2v) is 8.78. The molecule has 0 aliphatic rings. The van der Waals surface area contributed by atoms with E-state index in [0.29, 0.717) is 11.1 Å². The smallest absolute Gasteiger partial charge is 0.339 e. The van der Waals surface area contributed by atoms with E-state index >= 15 is 0 Å². The summed E-state index contributed by atoms with van der Waals surface area (Å²) in [6.45, 7) is 10.5. The summed E-state index contributed by atoms with van der Waals surface area (Å²) >= 11 is 0. The largest absolute Gasteiger partial charge is 0.462 e. The van der Waals surface area contributed by atoms with E-state index in [0.717, 1.165) is 72.8 Å². The zero-order valence-electron chi connectivity index (χ0n) is 21.8. The molecule has 0 atom stereocenters. The number of benzene rings is 2. The summed E-state index contributed by atoms with van der Waals surface area (Å²) in [7, 11) is 0. The lowest BCUT2D eigenvalue weighted by Crippen LogP contribution is -2.21. The molecule has 0 radical (unpaired) electrons. The van der Waals surface area contributed by atoms with Crippen LogP contribution in [0.15, 0.2) is 30.3 Å². The van der Waals surface area contributed by atoms with Gasteiger partial charge in [-0.2, -0.15) is 0 Å². The molecule has 0 saturated heterocycles. The van der Waals surface area contributed by atoms with E-state index in [1.165, 1.54) is 12.8 Å². The lowest BCUT2D eigenvalue weighted by molar-refractivity contribution is 0.0477. The zero-order valence-corrected chi connectivity index (χ0v) is 21.8. The molecule has 0 heterocycles. The van der Waals surface area contributed by atoms with Gasteiger partial charge < -0.3 is 9.47 Å². The molecule has 4 nitrogen and oxygen atoms in total. The van der Waals surface area contributed by atoms with Crippen molar-refractivity contribution in [3.63, 3.8) is 0 Å². The second kappa shape index (κ2) is 14.6. The molecule has 2 aromatic carbocycles. The Morgan fingerprint density at radius 3 is 1.79 bits per heavy atom. The number of hydrogen-bond donors (Lipinski definition) is 0. The first-order valence-electron chi connectivity index (χ1n) is 13.1. The molecule has 0 aliphatic carbocycles. The molecule has 0 aromatic heterocycles. The normalized spacial score (nSPS) is 10.9. The highest BCUT2D eigenvalue weighted by molar-refractivity contribution is 6.07. The molecule has 186 valence electrons. The monoisotopic (exact) mass is 466 g/mol. The van der Waals surface area contributed by atoms with E-state index in [-0.39, 0.29) is 13.2 Å². The van der Waals surface area contributed by atoms with E-state index in [1.807, 2.05) is 25.1 Å². The van der Waals surface area contributed by atoms with Gasteiger partial charge in [0, 0.05) is 0 Å². The van der Waals surface area contributed by atoms with Crippen molar-refractivity contribution in [3.8, 4) is 11.1 Å². The third-order valence-electron chi connectivity index (χ3n) is 6.32. The minimum atomic E-state index is -0.436. The number of unbranched alkanes of at least 4 members (excludes halogenated alkanes) is 5. The first-order valence-corrected chi connectivity index (χ1v) is 13.1. The lowest BCUT2D eigenvalue weighted by Gasteiger charge is -2.24. The van der Waals surface area contributed by atoms with Gasteiger partial charge in [-0.25, -0.2) is 9.59 Å². The van der Waals surface area contributed by atoms with Crippen molar-refractivity contribution in [1.82, 2.24) is 0 Å². The van der Waals surface area contributed by atoms with E-state index in [1.54, 1.807) is 13.8 Å². The third kappa shape index (κ3) is 6.94. The van der Waals surface area contributed by atoms with Gasteiger partial charge in [0.1, 0.15) is 0 Å². The molecule has 2 aromatic rings. The van der Waals surface area contributed by atoms with Crippen molar-refractivity contribution in [1.29, 1.82) is 0 Å². The highest BCUT2D eigenvalue weighted by Gasteiger charge is 2.30. The van der Waals surface area contributed by atoms with Crippen LogP contribution < -0.4 is 0 Å². The fraction of sp³-hybridized carbons (Fsp3) is 0.533. The summed E-state index contributed by atoms with van der Waals surface area (Å²) in [4.78, 5) is 26.6. The first-order chi connectivity index (χ1) is 16.5. The second-order valence-electron chi connectivity index (χ2n) is 8.78. The SMILES string of the molecule is CCCCCCc1c(C)c(C(=O)OCC)c(C(=O)OCC)c(CCCCC)c1-c1ccccc1. The van der Waals surface area contributed by atoms with E-state index in [2.05, 4.69) is 26.0 Å². The summed E-state index contributed by atoms with van der Waals surface area (Å²) in [5.41, 5.74) is 5.89. The Bertz CT molecular complexity index is 931. The molecule has 0 fully saturated rings. The molecular formula is C30H42O4. The van der Waals surface area contributed by atoms with Gasteiger partial charge >= 0.3 is 11.9 Å². The van der Waals surface area contributed by atoms with Crippen LogP contribution in [-0.4, -0.2) is 25.2 Å². The fourth-order valence-corrected chi connectivity index (χ4v) is 4.67. The molecule has 0 bridgehead atoms. The van der Waals surface area contributed by atoms with Gasteiger partial charge in [0.2, 0.25) is 0 Å². The van der Waals surface area contributed by atoms with Gasteiger partial charge in [-0.05, 0) is 74.3 Å². The van der Waals surface area contributed by atoms with Crippen LogP contribution in [0.25, 0.3) is 11.1 Å². The van der Waals surface area contributed by atoms with Gasteiger partial charge in [0.25, 0.3) is 0 Å². The summed E-state index contributed by atoms with van der Waals surface area (Å²) < 4.78 is 11.0. The van der Waals surface area contributed by atoms with Gasteiger partial charge in [-0.3, -0.25) is 0 Å². The van der Waals surface area contributed by atoms with Crippen LogP contribution in [0, 0.1) is 6.92 Å². The fourth-order valence-electron chi connectivity index (χ4n) is 4.67. The molecule has 4 heteroatoms. The van der Waals surface area contributed by atoms with Gasteiger partial charge in [0.05, 0.1) is 24.3 Å². The molecule has 0 N–H and O–H groups in total. The van der Waals surface area contributed by atoms with Crippen LogP contribution in [0.2, 0.25) is 0 Å². The number of rotatable bonds is 14. The summed E-state index contributed by atoms with van der Waals surface area (Å²) in [6.07, 6.45) is 9.22. The average Bonchev–Trinajstić information content (AvgIpc) is 2.83. The van der Waals surface area contributed by atoms with Crippen molar-refractivity contribution < 1.29 is 19.1 Å². The van der Waals surface area contributed by atoms with Crippen LogP contribution >= 0.6 is 0 Å². The van der Waals surface area contributed by atoms with Crippen LogP contribution in [0.4, 0.5) is 0 Å². The topological polar surface area (TPSA) is 52.6 Å². The quantitative estimate of drug-likeness (QED) is 0.210. The predicted molar refractivity (Wildman–Crippen MR) is 140 cm³/mol. The predicted octanol–water partition coefficient (Wildman–Crippen LogP) is 7.87. The molecule has 0 aliphatic heterocycles. The Morgan fingerprint density at radius 2 is 1.21 bits per heavy atom. The molecule has 34 heavy (non-hydrogen) atoms. The molecule has 0 spiro atoms. The molecule has 2 rings (SSSR count). The zero-order chi connectivity index (χ0) is 24.9. The van der Waals surface area contributed by atoms with Gasteiger partial charge in [0.15, 0.2) is 0 Å². The van der Waals surface area contributed by atoms with Crippen molar-refractivity contribution in [2.75, 3.05) is 13.2 Å². The van der Waals surface area contributed by atoms with Crippen molar-refractivity contribution in [2.45, 2.75) is 92.4 Å². The molecular weight excluding hydrogens is 424 g/mol. The standard InChI is InChI=1S/C30H42O4/c1-6-10-12-17-20-24-22(5)26(29(31)33-8-3)28(30(32)34-9-4)25(21-14-11-7-2)27(24)23-18-15-13-16-19-23/h13,15-16,18-19H,6-12,14,17,20-21H2,1-5H3. The highest BCUT2D eigenvalue weighted by atomic mass is 16.5. The minimum Gasteiger partial charge on any atom is -0.462 e. The summed E-state index contributed by atoms with van der Waals surface area (Å²) in [6, 6.07) is 10.3. The average molecular weight is 467 g/mol. The van der Waals surface area contributed by atoms with Crippen LogP contribution in [0.5, 0.6) is 0 Å². The van der Waals surface area contributed by atoms with Crippen LogP contribution in [0.3, 0.4) is 0 Å². The Labute approximate surface area is 206 Å². The maximum Gasteiger partial charge on any atom is 0.339 e. The van der Waals surface area contributed by atoms with Gasteiger partial charge in [-0.1, -0.05) is 76.3 Å². The van der Waals surface area contributed by atoms with Crippen LogP contribution in [-0.2, 0) is 22.3 Å². The lowest BCUT2D eigenvalue weighted by atomic mass is 9.80. The minimum absolute atomic E-state index is 0.258. The number of carbonyl (C=O) groups excluding carboxylic acids is 2. The highest BCUT2D eigenvalue weighted by Crippen LogP contribution is 2.38. The Hall–Kier alpha value is -2.62. The number of hydrogen-bond acceptors (Lipinski definition) is 4. The van der Waals surface area contributed by atoms with Crippen LogP contribution in [0.1, 0.15) is 110 Å². The van der Waals surface area contributed by atoms with E-state index in [4.69, 9.17) is 9.47 Å². The molecule has 0 unspecified atom stereocenters. The number of ether oxygens (including phenoxy) is 2. The van der Waals surface area contributed by atoms with Crippen molar-refractivity contribution in [2.24, 2.45) is 0 Å².